The summed E-state index contributed by atoms with van der Waals surface area (Å²) in [6.07, 6.45) is 4.81. The van der Waals surface area contributed by atoms with Crippen molar-refractivity contribution in [3.05, 3.63) is 84.1 Å². The topological polar surface area (TPSA) is 84.7 Å². The van der Waals surface area contributed by atoms with Crippen LogP contribution in [0, 0.1) is 0 Å². The number of furan rings is 1. The summed E-state index contributed by atoms with van der Waals surface area (Å²) < 4.78 is 10.1. The molecule has 7 nitrogen and oxygen atoms in total. The minimum atomic E-state index is -0.445. The van der Waals surface area contributed by atoms with Gasteiger partial charge in [-0.3, -0.25) is 15.1 Å². The van der Waals surface area contributed by atoms with Gasteiger partial charge < -0.3 is 14.1 Å². The van der Waals surface area contributed by atoms with E-state index in [1.54, 1.807) is 60.6 Å². The number of ether oxygens (including phenoxy) is 1. The number of amides is 1. The molecule has 148 valence electrons. The summed E-state index contributed by atoms with van der Waals surface area (Å²) in [6.45, 7) is 2.43. The van der Waals surface area contributed by atoms with Crippen LogP contribution < -0.4 is 10.2 Å². The van der Waals surface area contributed by atoms with Crippen LogP contribution in [0.2, 0.25) is 0 Å². The van der Waals surface area contributed by atoms with Crippen molar-refractivity contribution < 1.29 is 18.7 Å². The third-order valence-corrected chi connectivity index (χ3v) is 4.29. The minimum absolute atomic E-state index is 0.159. The molecule has 0 aliphatic carbocycles. The number of nitrogens with one attached hydrogen (secondary N) is 1. The lowest BCUT2D eigenvalue weighted by Crippen LogP contribution is -2.42. The average Bonchev–Trinajstić information content (AvgIpc) is 3.28. The number of hydrogen-bond acceptors (Lipinski definition) is 6. The van der Waals surface area contributed by atoms with Crippen molar-refractivity contribution >= 4 is 34.9 Å². The number of thiocarbonyl (C=S) groups is 1. The number of aromatic nitrogens is 1. The summed E-state index contributed by atoms with van der Waals surface area (Å²) in [5, 5.41) is 2.87. The van der Waals surface area contributed by atoms with Gasteiger partial charge in [-0.2, -0.15) is 0 Å². The van der Waals surface area contributed by atoms with Crippen LogP contribution in [-0.4, -0.2) is 28.6 Å². The fourth-order valence-corrected chi connectivity index (χ4v) is 2.84. The summed E-state index contributed by atoms with van der Waals surface area (Å²) in [6, 6.07) is 13.7. The molecular weight excluding hydrogens is 390 g/mol. The molecule has 0 fully saturated rings. The standard InChI is InChI=1S/C21H19N3O4S/c1-2-27-20(26)16-7-9-17(10-8-16)24(14-15-5-3-11-22-13-15)21(29)23-19(25)18-6-4-12-28-18/h3-13H,2,14H2,1H3,(H,23,25,29). The van der Waals surface area contributed by atoms with Gasteiger partial charge in [0.1, 0.15) is 0 Å². The van der Waals surface area contributed by atoms with Crippen molar-refractivity contribution in [1.29, 1.82) is 0 Å². The molecule has 0 radical (unpaired) electrons. The SMILES string of the molecule is CCOC(=O)c1ccc(N(Cc2cccnc2)C(=S)NC(=O)c2ccco2)cc1. The molecule has 0 saturated heterocycles. The van der Waals surface area contributed by atoms with E-state index in [0.717, 1.165) is 5.56 Å². The lowest BCUT2D eigenvalue weighted by molar-refractivity contribution is 0.0526. The Bertz CT molecular complexity index is 973. The maximum atomic E-state index is 12.3. The zero-order valence-electron chi connectivity index (χ0n) is 15.7. The van der Waals surface area contributed by atoms with Gasteiger partial charge in [-0.25, -0.2) is 4.79 Å². The van der Waals surface area contributed by atoms with Gasteiger partial charge in [-0.05, 0) is 67.2 Å². The highest BCUT2D eigenvalue weighted by Crippen LogP contribution is 2.19. The molecular formula is C21H19N3O4S. The first-order chi connectivity index (χ1) is 14.1. The number of benzene rings is 1. The highest BCUT2D eigenvalue weighted by molar-refractivity contribution is 7.80. The van der Waals surface area contributed by atoms with Gasteiger partial charge in [0.15, 0.2) is 10.9 Å². The molecule has 3 aromatic rings. The summed E-state index contributed by atoms with van der Waals surface area (Å²) in [5.74, 6) is -0.683. The summed E-state index contributed by atoms with van der Waals surface area (Å²) in [4.78, 5) is 30.1. The number of rotatable bonds is 6. The van der Waals surface area contributed by atoms with Crippen molar-refractivity contribution in [1.82, 2.24) is 10.3 Å². The number of anilines is 1. The summed E-state index contributed by atoms with van der Waals surface area (Å²) in [5.41, 5.74) is 2.03. The largest absolute Gasteiger partial charge is 0.462 e. The molecule has 1 aromatic carbocycles. The zero-order chi connectivity index (χ0) is 20.6. The number of esters is 1. The van der Waals surface area contributed by atoms with Gasteiger partial charge >= 0.3 is 5.97 Å². The Morgan fingerprint density at radius 2 is 1.97 bits per heavy atom. The Balaban J connectivity index is 1.83. The second kappa shape index (κ2) is 9.61. The Labute approximate surface area is 173 Å². The van der Waals surface area contributed by atoms with E-state index in [-0.39, 0.29) is 10.9 Å². The molecule has 3 rings (SSSR count). The fraction of sp³-hybridized carbons (Fsp3) is 0.143. The first-order valence-electron chi connectivity index (χ1n) is 8.91. The molecule has 1 amide bonds. The number of pyridine rings is 1. The second-order valence-electron chi connectivity index (χ2n) is 5.95. The number of hydrogen-bond donors (Lipinski definition) is 1. The van der Waals surface area contributed by atoms with Crippen LogP contribution in [0.5, 0.6) is 0 Å². The predicted molar refractivity (Wildman–Crippen MR) is 112 cm³/mol. The smallest absolute Gasteiger partial charge is 0.338 e. The minimum Gasteiger partial charge on any atom is -0.462 e. The normalized spacial score (nSPS) is 10.2. The number of nitrogens with zero attached hydrogens (tertiary/aromatic N) is 2. The first kappa shape index (κ1) is 20.2. The molecule has 0 bridgehead atoms. The van der Waals surface area contributed by atoms with Crippen molar-refractivity contribution in [2.75, 3.05) is 11.5 Å². The van der Waals surface area contributed by atoms with E-state index in [1.165, 1.54) is 6.26 Å². The molecule has 1 N–H and O–H groups in total. The van der Waals surface area contributed by atoms with E-state index >= 15 is 0 Å². The summed E-state index contributed by atoms with van der Waals surface area (Å²) >= 11 is 5.47. The van der Waals surface area contributed by atoms with Crippen LogP contribution in [0.15, 0.2) is 71.6 Å². The van der Waals surface area contributed by atoms with Crippen molar-refractivity contribution in [2.45, 2.75) is 13.5 Å². The molecule has 0 saturated carbocycles. The fourth-order valence-electron chi connectivity index (χ4n) is 2.58. The quantitative estimate of drug-likeness (QED) is 0.492. The van der Waals surface area contributed by atoms with E-state index in [2.05, 4.69) is 10.3 Å². The van der Waals surface area contributed by atoms with E-state index in [1.807, 2.05) is 12.1 Å². The zero-order valence-corrected chi connectivity index (χ0v) is 16.5. The van der Waals surface area contributed by atoms with E-state index in [9.17, 15) is 9.59 Å². The van der Waals surface area contributed by atoms with Crippen LogP contribution in [0.25, 0.3) is 0 Å². The van der Waals surface area contributed by atoms with Gasteiger partial charge in [0.25, 0.3) is 5.91 Å². The van der Waals surface area contributed by atoms with Crippen LogP contribution in [0.4, 0.5) is 5.69 Å². The molecule has 0 spiro atoms. The molecule has 0 aliphatic heterocycles. The van der Waals surface area contributed by atoms with Crippen molar-refractivity contribution in [2.24, 2.45) is 0 Å². The van der Waals surface area contributed by atoms with Gasteiger partial charge in [0.2, 0.25) is 0 Å². The van der Waals surface area contributed by atoms with Crippen LogP contribution in [0.1, 0.15) is 33.4 Å². The van der Waals surface area contributed by atoms with Crippen molar-refractivity contribution in [3.63, 3.8) is 0 Å². The van der Waals surface area contributed by atoms with E-state index in [0.29, 0.717) is 24.4 Å². The maximum absolute atomic E-state index is 12.3. The Hall–Kier alpha value is -3.52. The van der Waals surface area contributed by atoms with Crippen LogP contribution in [0.3, 0.4) is 0 Å². The van der Waals surface area contributed by atoms with Gasteiger partial charge in [0, 0.05) is 18.1 Å². The van der Waals surface area contributed by atoms with Gasteiger partial charge in [-0.15, -0.1) is 0 Å². The maximum Gasteiger partial charge on any atom is 0.338 e. The third-order valence-electron chi connectivity index (χ3n) is 3.96. The summed E-state index contributed by atoms with van der Waals surface area (Å²) in [7, 11) is 0. The number of carbonyl (C=O) groups excluding carboxylic acids is 2. The van der Waals surface area contributed by atoms with E-state index in [4.69, 9.17) is 21.4 Å². The van der Waals surface area contributed by atoms with Crippen molar-refractivity contribution in [3.8, 4) is 0 Å². The molecule has 8 heteroatoms. The predicted octanol–water partition coefficient (Wildman–Crippen LogP) is 3.57. The monoisotopic (exact) mass is 409 g/mol. The Morgan fingerprint density at radius 1 is 1.17 bits per heavy atom. The highest BCUT2D eigenvalue weighted by atomic mass is 32.1. The van der Waals surface area contributed by atoms with Crippen LogP contribution >= 0.6 is 12.2 Å². The molecule has 2 aromatic heterocycles. The first-order valence-corrected chi connectivity index (χ1v) is 9.31. The second-order valence-corrected chi connectivity index (χ2v) is 6.34. The number of carbonyl (C=O) groups is 2. The average molecular weight is 409 g/mol. The van der Waals surface area contributed by atoms with Crippen LogP contribution in [-0.2, 0) is 11.3 Å². The van der Waals surface area contributed by atoms with E-state index < -0.39 is 11.9 Å². The highest BCUT2D eigenvalue weighted by Gasteiger charge is 2.18. The Kier molecular flexibility index (Phi) is 6.70. The third kappa shape index (κ3) is 5.26. The van der Waals surface area contributed by atoms with Gasteiger partial charge in [0.05, 0.1) is 25.0 Å². The molecule has 0 atom stereocenters. The molecule has 29 heavy (non-hydrogen) atoms. The molecule has 0 aliphatic rings. The molecule has 2 heterocycles. The molecule has 0 unspecified atom stereocenters. The lowest BCUT2D eigenvalue weighted by Gasteiger charge is -2.25. The Morgan fingerprint density at radius 3 is 2.59 bits per heavy atom. The van der Waals surface area contributed by atoms with Gasteiger partial charge in [-0.1, -0.05) is 6.07 Å². The lowest BCUT2D eigenvalue weighted by atomic mass is 10.2.